The van der Waals surface area contributed by atoms with E-state index in [0.29, 0.717) is 0 Å². The monoisotopic (exact) mass is 290 g/mol. The van der Waals surface area contributed by atoms with Crippen molar-refractivity contribution in [2.24, 2.45) is 0 Å². The minimum absolute atomic E-state index is 0.0556. The second-order valence-electron chi connectivity index (χ2n) is 3.42. The average molecular weight is 291 g/mol. The Balaban J connectivity index is 3.36. The fourth-order valence-corrected chi connectivity index (χ4v) is 1.59. The third-order valence-electron chi connectivity index (χ3n) is 2.10. The summed E-state index contributed by atoms with van der Waals surface area (Å²) >= 11 is 5.82. The van der Waals surface area contributed by atoms with Gasteiger partial charge in [-0.3, -0.25) is 10.1 Å². The topological polar surface area (TPSA) is 76.7 Å². The lowest BCUT2D eigenvalue weighted by molar-refractivity contribution is -0.114. The van der Waals surface area contributed by atoms with Crippen molar-refractivity contribution >= 4 is 35.0 Å². The van der Waals surface area contributed by atoms with E-state index in [9.17, 15) is 14.0 Å². The van der Waals surface area contributed by atoms with Gasteiger partial charge in [0.2, 0.25) is 5.91 Å². The molecule has 0 unspecified atom stereocenters. The highest BCUT2D eigenvalue weighted by atomic mass is 35.5. The minimum Gasteiger partial charge on any atom is -0.492 e. The summed E-state index contributed by atoms with van der Waals surface area (Å²) in [4.78, 5) is 22.2. The number of benzene rings is 1. The summed E-state index contributed by atoms with van der Waals surface area (Å²) in [6.45, 7) is 1.26. The summed E-state index contributed by atoms with van der Waals surface area (Å²) in [5.74, 6) is -1.34. The van der Waals surface area contributed by atoms with E-state index in [-0.39, 0.29) is 22.1 Å². The van der Waals surface area contributed by atoms with E-state index in [1.807, 2.05) is 0 Å². The van der Waals surface area contributed by atoms with Crippen molar-refractivity contribution in [3.8, 4) is 5.75 Å². The Morgan fingerprint density at radius 3 is 2.37 bits per heavy atom. The number of anilines is 2. The summed E-state index contributed by atoms with van der Waals surface area (Å²) in [6, 6.07) is 0.945. The van der Waals surface area contributed by atoms with Crippen LogP contribution in [-0.4, -0.2) is 26.2 Å². The molecule has 8 heteroatoms. The van der Waals surface area contributed by atoms with E-state index in [4.69, 9.17) is 16.3 Å². The molecule has 0 spiro atoms. The molecule has 104 valence electrons. The first-order chi connectivity index (χ1) is 8.90. The van der Waals surface area contributed by atoms with Gasteiger partial charge in [0.05, 0.1) is 19.2 Å². The van der Waals surface area contributed by atoms with Gasteiger partial charge >= 0.3 is 6.09 Å². The Morgan fingerprint density at radius 1 is 1.26 bits per heavy atom. The number of rotatable bonds is 3. The molecule has 0 saturated heterocycles. The largest absolute Gasteiger partial charge is 0.492 e. The number of carbonyl (C=O) groups excluding carboxylic acids is 2. The van der Waals surface area contributed by atoms with Crippen LogP contribution < -0.4 is 15.4 Å². The molecular weight excluding hydrogens is 279 g/mol. The Morgan fingerprint density at radius 2 is 1.89 bits per heavy atom. The fraction of sp³-hybridized carbons (Fsp3) is 0.273. The first kappa shape index (κ1) is 15.0. The van der Waals surface area contributed by atoms with Crippen molar-refractivity contribution < 1.29 is 23.5 Å². The maximum Gasteiger partial charge on any atom is 0.411 e. The van der Waals surface area contributed by atoms with E-state index in [2.05, 4.69) is 15.4 Å². The number of halogens is 2. The van der Waals surface area contributed by atoms with Crippen LogP contribution in [0, 0.1) is 5.82 Å². The molecule has 0 radical (unpaired) electrons. The fourth-order valence-electron chi connectivity index (χ4n) is 1.36. The molecule has 1 rings (SSSR count). The van der Waals surface area contributed by atoms with Crippen LogP contribution in [-0.2, 0) is 9.53 Å². The smallest absolute Gasteiger partial charge is 0.411 e. The van der Waals surface area contributed by atoms with Crippen LogP contribution in [0.5, 0.6) is 5.75 Å². The molecule has 0 fully saturated rings. The third-order valence-corrected chi connectivity index (χ3v) is 2.40. The van der Waals surface area contributed by atoms with Crippen molar-refractivity contribution in [1.82, 2.24) is 0 Å². The number of hydrogen-bond donors (Lipinski definition) is 2. The Hall–Kier alpha value is -2.02. The highest BCUT2D eigenvalue weighted by Crippen LogP contribution is 2.41. The van der Waals surface area contributed by atoms with Crippen LogP contribution in [0.15, 0.2) is 6.07 Å². The zero-order valence-corrected chi connectivity index (χ0v) is 11.2. The van der Waals surface area contributed by atoms with Gasteiger partial charge in [-0.1, -0.05) is 11.6 Å². The van der Waals surface area contributed by atoms with Gasteiger partial charge in [-0.05, 0) is 6.07 Å². The van der Waals surface area contributed by atoms with Gasteiger partial charge in [-0.2, -0.15) is 0 Å². The number of carbonyl (C=O) groups is 2. The van der Waals surface area contributed by atoms with Gasteiger partial charge in [0.1, 0.15) is 11.4 Å². The van der Waals surface area contributed by atoms with Crippen molar-refractivity contribution in [2.75, 3.05) is 24.9 Å². The first-order valence-corrected chi connectivity index (χ1v) is 5.47. The van der Waals surface area contributed by atoms with Gasteiger partial charge in [0.15, 0.2) is 11.6 Å². The highest BCUT2D eigenvalue weighted by Gasteiger charge is 2.21. The van der Waals surface area contributed by atoms with Crippen LogP contribution in [0.3, 0.4) is 0 Å². The summed E-state index contributed by atoms with van der Waals surface area (Å²) in [6.07, 6.45) is -0.881. The Kier molecular flexibility index (Phi) is 4.94. The number of hydrogen-bond acceptors (Lipinski definition) is 4. The second-order valence-corrected chi connectivity index (χ2v) is 3.83. The predicted octanol–water partition coefficient (Wildman–Crippen LogP) is 2.62. The van der Waals surface area contributed by atoms with E-state index in [1.165, 1.54) is 14.0 Å². The van der Waals surface area contributed by atoms with Gasteiger partial charge in [-0.15, -0.1) is 0 Å². The maximum absolute atomic E-state index is 13.8. The second kappa shape index (κ2) is 6.24. The standard InChI is InChI=1S/C11H12ClFN2O4/c1-5(16)14-8-6(12)4-7(13)9(10(8)18-2)15-11(17)19-3/h4H,1-3H3,(H,14,16)(H,15,17). The molecule has 0 aliphatic heterocycles. The van der Waals surface area contributed by atoms with Gasteiger partial charge < -0.3 is 14.8 Å². The van der Waals surface area contributed by atoms with E-state index in [1.54, 1.807) is 0 Å². The number of nitrogens with one attached hydrogen (secondary N) is 2. The number of methoxy groups -OCH3 is 2. The van der Waals surface area contributed by atoms with Gasteiger partial charge in [-0.25, -0.2) is 9.18 Å². The van der Waals surface area contributed by atoms with Crippen molar-refractivity contribution in [3.05, 3.63) is 16.9 Å². The Labute approximate surface area is 113 Å². The molecule has 0 atom stereocenters. The average Bonchev–Trinajstić information content (AvgIpc) is 2.34. The highest BCUT2D eigenvalue weighted by molar-refractivity contribution is 6.34. The van der Waals surface area contributed by atoms with Crippen molar-refractivity contribution in [1.29, 1.82) is 0 Å². The summed E-state index contributed by atoms with van der Waals surface area (Å²) < 4.78 is 23.1. The lowest BCUT2D eigenvalue weighted by Crippen LogP contribution is -2.15. The van der Waals surface area contributed by atoms with Crippen LogP contribution >= 0.6 is 11.6 Å². The molecule has 1 aromatic rings. The quantitative estimate of drug-likeness (QED) is 0.897. The van der Waals surface area contributed by atoms with E-state index < -0.39 is 17.8 Å². The molecule has 19 heavy (non-hydrogen) atoms. The van der Waals surface area contributed by atoms with Gasteiger partial charge in [0, 0.05) is 6.92 Å². The number of amides is 2. The van der Waals surface area contributed by atoms with Crippen molar-refractivity contribution in [3.63, 3.8) is 0 Å². The maximum atomic E-state index is 13.8. The SMILES string of the molecule is COC(=O)Nc1c(F)cc(Cl)c(NC(C)=O)c1OC. The summed E-state index contributed by atoms with van der Waals surface area (Å²) in [7, 11) is 2.38. The zero-order valence-electron chi connectivity index (χ0n) is 10.5. The summed E-state index contributed by atoms with van der Waals surface area (Å²) in [5, 5.41) is 4.49. The van der Waals surface area contributed by atoms with E-state index in [0.717, 1.165) is 13.2 Å². The Bertz CT molecular complexity index is 522. The van der Waals surface area contributed by atoms with E-state index >= 15 is 0 Å². The lowest BCUT2D eigenvalue weighted by atomic mass is 10.2. The molecule has 2 N–H and O–H groups in total. The minimum atomic E-state index is -0.881. The molecule has 0 aromatic heterocycles. The molecule has 0 bridgehead atoms. The van der Waals surface area contributed by atoms with Gasteiger partial charge in [0.25, 0.3) is 0 Å². The lowest BCUT2D eigenvalue weighted by Gasteiger charge is -2.16. The molecule has 1 aromatic carbocycles. The molecule has 0 saturated carbocycles. The predicted molar refractivity (Wildman–Crippen MR) is 68.3 cm³/mol. The van der Waals surface area contributed by atoms with Crippen LogP contribution in [0.4, 0.5) is 20.6 Å². The normalized spacial score (nSPS) is 9.74. The molecule has 0 heterocycles. The number of ether oxygens (including phenoxy) is 2. The summed E-state index contributed by atoms with van der Waals surface area (Å²) in [5.41, 5.74) is -0.216. The van der Waals surface area contributed by atoms with Crippen molar-refractivity contribution in [2.45, 2.75) is 6.92 Å². The first-order valence-electron chi connectivity index (χ1n) is 5.09. The zero-order chi connectivity index (χ0) is 14.6. The van der Waals surface area contributed by atoms with Crippen LogP contribution in [0.1, 0.15) is 6.92 Å². The molecule has 2 amide bonds. The molecule has 0 aliphatic carbocycles. The molecular formula is C11H12ClFN2O4. The van der Waals surface area contributed by atoms with Crippen LogP contribution in [0.2, 0.25) is 5.02 Å². The molecule has 6 nitrogen and oxygen atoms in total. The molecule has 0 aliphatic rings. The van der Waals surface area contributed by atoms with Crippen LogP contribution in [0.25, 0.3) is 0 Å². The third kappa shape index (κ3) is 3.47.